The number of aromatic nitrogens is 2. The van der Waals surface area contributed by atoms with Gasteiger partial charge in [-0.1, -0.05) is 6.92 Å². The molecule has 0 aliphatic carbocycles. The van der Waals surface area contributed by atoms with Gasteiger partial charge in [-0.15, -0.1) is 23.2 Å². The molecule has 0 saturated heterocycles. The van der Waals surface area contributed by atoms with E-state index in [2.05, 4.69) is 46.6 Å². The van der Waals surface area contributed by atoms with Crippen molar-refractivity contribution >= 4 is 39.9 Å². The molecule has 0 N–H and O–H groups in total. The van der Waals surface area contributed by atoms with Crippen LogP contribution in [-0.2, 0) is 13.5 Å². The maximum Gasteiger partial charge on any atom is 0.109 e. The maximum atomic E-state index is 5.85. The van der Waals surface area contributed by atoms with E-state index in [0.717, 1.165) is 42.1 Å². The average Bonchev–Trinajstić information content (AvgIpc) is 2.74. The lowest BCUT2D eigenvalue weighted by Gasteiger charge is -2.22. The topological polar surface area (TPSA) is 21.1 Å². The van der Waals surface area contributed by atoms with Gasteiger partial charge < -0.3 is 9.47 Å². The van der Waals surface area contributed by atoms with Crippen molar-refractivity contribution in [2.75, 3.05) is 29.7 Å². The van der Waals surface area contributed by atoms with Crippen molar-refractivity contribution in [2.24, 2.45) is 7.05 Å². The van der Waals surface area contributed by atoms with E-state index in [1.165, 1.54) is 0 Å². The van der Waals surface area contributed by atoms with E-state index in [1.54, 1.807) is 0 Å². The van der Waals surface area contributed by atoms with E-state index in [0.29, 0.717) is 11.8 Å². The monoisotopic (exact) mass is 299 g/mol. The number of imidazole rings is 1. The predicted molar refractivity (Wildman–Crippen MR) is 83.7 cm³/mol. The summed E-state index contributed by atoms with van der Waals surface area (Å²) in [6.45, 7) is 3.72. The van der Waals surface area contributed by atoms with Gasteiger partial charge in [-0.2, -0.15) is 0 Å². The molecular formula is C14H19Cl2N3. The number of nitrogens with zero attached hydrogens (tertiary/aromatic N) is 3. The molecule has 0 fully saturated rings. The molecule has 5 heteroatoms. The number of aryl methyl sites for hydroxylation is 2. The molecule has 0 saturated carbocycles. The van der Waals surface area contributed by atoms with Crippen molar-refractivity contribution in [2.45, 2.75) is 13.3 Å². The van der Waals surface area contributed by atoms with Crippen LogP contribution in [0.4, 0.5) is 5.69 Å². The molecular weight excluding hydrogens is 281 g/mol. The summed E-state index contributed by atoms with van der Waals surface area (Å²) in [5, 5.41) is 0. The number of hydrogen-bond acceptors (Lipinski definition) is 2. The smallest absolute Gasteiger partial charge is 0.109 e. The highest BCUT2D eigenvalue weighted by atomic mass is 35.5. The summed E-state index contributed by atoms with van der Waals surface area (Å²) in [6, 6.07) is 6.35. The maximum absolute atomic E-state index is 5.85. The van der Waals surface area contributed by atoms with Crippen molar-refractivity contribution < 1.29 is 0 Å². The summed E-state index contributed by atoms with van der Waals surface area (Å²) in [5.41, 5.74) is 3.33. The first-order valence-corrected chi connectivity index (χ1v) is 7.60. The second-order valence-corrected chi connectivity index (χ2v) is 5.23. The number of anilines is 1. The third-order valence-electron chi connectivity index (χ3n) is 3.35. The molecule has 0 aliphatic rings. The third kappa shape index (κ3) is 2.98. The highest BCUT2D eigenvalue weighted by Crippen LogP contribution is 2.22. The summed E-state index contributed by atoms with van der Waals surface area (Å²) < 4.78 is 2.15. The molecule has 104 valence electrons. The lowest BCUT2D eigenvalue weighted by atomic mass is 10.2. The summed E-state index contributed by atoms with van der Waals surface area (Å²) in [6.07, 6.45) is 0.938. The minimum Gasteiger partial charge on any atom is -0.369 e. The number of fused-ring (bicyclic) bond motifs is 1. The zero-order chi connectivity index (χ0) is 13.8. The minimum atomic E-state index is 0.595. The minimum absolute atomic E-state index is 0.595. The molecule has 2 rings (SSSR count). The van der Waals surface area contributed by atoms with Gasteiger partial charge in [-0.25, -0.2) is 4.98 Å². The van der Waals surface area contributed by atoms with E-state index in [9.17, 15) is 0 Å². The largest absolute Gasteiger partial charge is 0.369 e. The molecule has 0 atom stereocenters. The van der Waals surface area contributed by atoms with Gasteiger partial charge in [0, 0.05) is 44.0 Å². The SMILES string of the molecule is CCc1nc2cc(N(CCCl)CCCl)ccc2n1C. The van der Waals surface area contributed by atoms with Crippen LogP contribution in [0.5, 0.6) is 0 Å². The zero-order valence-electron chi connectivity index (χ0n) is 11.4. The van der Waals surface area contributed by atoms with Crippen LogP contribution in [0.3, 0.4) is 0 Å². The molecule has 1 aromatic heterocycles. The summed E-state index contributed by atoms with van der Waals surface area (Å²) >= 11 is 11.7. The normalized spacial score (nSPS) is 11.2. The van der Waals surface area contributed by atoms with Crippen LogP contribution in [-0.4, -0.2) is 34.4 Å². The van der Waals surface area contributed by atoms with Crippen LogP contribution in [0.25, 0.3) is 11.0 Å². The van der Waals surface area contributed by atoms with Gasteiger partial charge in [0.15, 0.2) is 0 Å². The van der Waals surface area contributed by atoms with E-state index in [-0.39, 0.29) is 0 Å². The Morgan fingerprint density at radius 3 is 2.47 bits per heavy atom. The fraction of sp³-hybridized carbons (Fsp3) is 0.500. The lowest BCUT2D eigenvalue weighted by Crippen LogP contribution is -2.27. The molecule has 0 aliphatic heterocycles. The number of hydrogen-bond donors (Lipinski definition) is 0. The van der Waals surface area contributed by atoms with Gasteiger partial charge >= 0.3 is 0 Å². The third-order valence-corrected chi connectivity index (χ3v) is 3.69. The van der Waals surface area contributed by atoms with Crippen LogP contribution < -0.4 is 4.90 Å². The first-order chi connectivity index (χ1) is 9.21. The molecule has 2 aromatic rings. The van der Waals surface area contributed by atoms with Crippen molar-refractivity contribution in [3.8, 4) is 0 Å². The van der Waals surface area contributed by atoms with Crippen LogP contribution >= 0.6 is 23.2 Å². The highest BCUT2D eigenvalue weighted by molar-refractivity contribution is 6.18. The second kappa shape index (κ2) is 6.49. The Labute approximate surface area is 124 Å². The van der Waals surface area contributed by atoms with Gasteiger partial charge in [0.05, 0.1) is 11.0 Å². The second-order valence-electron chi connectivity index (χ2n) is 4.48. The van der Waals surface area contributed by atoms with E-state index < -0.39 is 0 Å². The molecule has 0 unspecified atom stereocenters. The van der Waals surface area contributed by atoms with Crippen LogP contribution in [0.2, 0.25) is 0 Å². The summed E-state index contributed by atoms with van der Waals surface area (Å²) in [5.74, 6) is 2.29. The van der Waals surface area contributed by atoms with Crippen LogP contribution in [0, 0.1) is 0 Å². The summed E-state index contributed by atoms with van der Waals surface area (Å²) in [4.78, 5) is 6.86. The lowest BCUT2D eigenvalue weighted by molar-refractivity contribution is 0.829. The quantitative estimate of drug-likeness (QED) is 0.762. The fourth-order valence-electron chi connectivity index (χ4n) is 2.33. The Morgan fingerprint density at radius 1 is 1.21 bits per heavy atom. The highest BCUT2D eigenvalue weighted by Gasteiger charge is 2.10. The van der Waals surface area contributed by atoms with Crippen molar-refractivity contribution in [1.29, 1.82) is 0 Å². The number of alkyl halides is 2. The Kier molecular flexibility index (Phi) is 4.94. The van der Waals surface area contributed by atoms with E-state index >= 15 is 0 Å². The molecule has 19 heavy (non-hydrogen) atoms. The first-order valence-electron chi connectivity index (χ1n) is 6.53. The molecule has 3 nitrogen and oxygen atoms in total. The molecule has 1 aromatic carbocycles. The Bertz CT molecular complexity index is 545. The molecule has 0 radical (unpaired) electrons. The van der Waals surface area contributed by atoms with Gasteiger partial charge in [0.1, 0.15) is 5.82 Å². The van der Waals surface area contributed by atoms with E-state index in [4.69, 9.17) is 23.2 Å². The molecule has 0 amide bonds. The standard InChI is InChI=1S/C14H19Cl2N3/c1-3-14-17-12-10-11(4-5-13(12)18(14)2)19(8-6-15)9-7-16/h4-5,10H,3,6-9H2,1-2H3. The number of halogens is 2. The molecule has 1 heterocycles. The average molecular weight is 300 g/mol. The Morgan fingerprint density at radius 2 is 1.89 bits per heavy atom. The summed E-state index contributed by atoms with van der Waals surface area (Å²) in [7, 11) is 2.06. The van der Waals surface area contributed by atoms with Crippen LogP contribution in [0.1, 0.15) is 12.7 Å². The van der Waals surface area contributed by atoms with Crippen molar-refractivity contribution in [3.63, 3.8) is 0 Å². The van der Waals surface area contributed by atoms with E-state index in [1.807, 2.05) is 0 Å². The van der Waals surface area contributed by atoms with Gasteiger partial charge in [0.25, 0.3) is 0 Å². The Hall–Kier alpha value is -0.930. The number of rotatable bonds is 6. The van der Waals surface area contributed by atoms with Crippen molar-refractivity contribution in [3.05, 3.63) is 24.0 Å². The van der Waals surface area contributed by atoms with Gasteiger partial charge in [-0.3, -0.25) is 0 Å². The predicted octanol–water partition coefficient (Wildman–Crippen LogP) is 3.42. The fourth-order valence-corrected chi connectivity index (χ4v) is 2.73. The van der Waals surface area contributed by atoms with Gasteiger partial charge in [-0.05, 0) is 18.2 Å². The molecule has 0 spiro atoms. The number of benzene rings is 1. The molecule has 0 bridgehead atoms. The Balaban J connectivity index is 2.39. The zero-order valence-corrected chi connectivity index (χ0v) is 12.9. The van der Waals surface area contributed by atoms with Crippen LogP contribution in [0.15, 0.2) is 18.2 Å². The van der Waals surface area contributed by atoms with Gasteiger partial charge in [0.2, 0.25) is 0 Å². The first kappa shape index (κ1) is 14.5. The van der Waals surface area contributed by atoms with Crippen molar-refractivity contribution in [1.82, 2.24) is 9.55 Å².